The van der Waals surface area contributed by atoms with Gasteiger partial charge in [0.05, 0.1) is 12.1 Å². The Bertz CT molecular complexity index is 675. The highest BCUT2D eigenvalue weighted by atomic mass is 16.4. The van der Waals surface area contributed by atoms with E-state index in [0.717, 1.165) is 37.3 Å². The topological polar surface area (TPSA) is 62.5 Å². The van der Waals surface area contributed by atoms with E-state index in [1.807, 2.05) is 31.2 Å². The Morgan fingerprint density at radius 2 is 2.23 bits per heavy atom. The van der Waals surface area contributed by atoms with Crippen molar-refractivity contribution < 1.29 is 14.3 Å². The highest BCUT2D eigenvalue weighted by molar-refractivity contribution is 5.88. The minimum Gasteiger partial charge on any atom is -0.478 e. The van der Waals surface area contributed by atoms with Gasteiger partial charge < -0.3 is 14.8 Å². The fraction of sp³-hybridized carbons (Fsp3) is 0.389. The van der Waals surface area contributed by atoms with Gasteiger partial charge in [-0.2, -0.15) is 0 Å². The molecule has 0 saturated heterocycles. The molecule has 2 aromatic rings. The van der Waals surface area contributed by atoms with Crippen LogP contribution in [-0.4, -0.2) is 17.6 Å². The molecule has 4 nitrogen and oxygen atoms in total. The summed E-state index contributed by atoms with van der Waals surface area (Å²) in [4.78, 5) is 11.2. The SMILES string of the molecule is Cc1ccc(CNCC2CCCc3ccc(C(=O)O)cc32)o1. The van der Waals surface area contributed by atoms with Gasteiger partial charge in [-0.1, -0.05) is 6.07 Å². The van der Waals surface area contributed by atoms with Gasteiger partial charge in [-0.3, -0.25) is 0 Å². The van der Waals surface area contributed by atoms with E-state index < -0.39 is 5.97 Å². The predicted molar refractivity (Wildman–Crippen MR) is 84.2 cm³/mol. The predicted octanol–water partition coefficient (Wildman–Crippen LogP) is 3.50. The van der Waals surface area contributed by atoms with Crippen LogP contribution in [0.15, 0.2) is 34.7 Å². The van der Waals surface area contributed by atoms with E-state index in [-0.39, 0.29) is 0 Å². The molecule has 2 N–H and O–H groups in total. The van der Waals surface area contributed by atoms with E-state index in [2.05, 4.69) is 5.32 Å². The van der Waals surface area contributed by atoms with Crippen molar-refractivity contribution in [3.63, 3.8) is 0 Å². The summed E-state index contributed by atoms with van der Waals surface area (Å²) in [5, 5.41) is 12.6. The first-order valence-corrected chi connectivity index (χ1v) is 7.75. The molecule has 1 unspecified atom stereocenters. The summed E-state index contributed by atoms with van der Waals surface area (Å²) in [5.74, 6) is 1.38. The number of benzene rings is 1. The zero-order valence-corrected chi connectivity index (χ0v) is 12.8. The molecule has 1 aromatic heterocycles. The lowest BCUT2D eigenvalue weighted by Gasteiger charge is -2.26. The monoisotopic (exact) mass is 299 g/mol. The Labute approximate surface area is 130 Å². The number of carboxylic acids is 1. The number of hydrogen-bond donors (Lipinski definition) is 2. The first-order valence-electron chi connectivity index (χ1n) is 7.75. The van der Waals surface area contributed by atoms with E-state index in [0.29, 0.717) is 18.0 Å². The summed E-state index contributed by atoms with van der Waals surface area (Å²) in [6, 6.07) is 9.48. The molecule has 0 spiro atoms. The fourth-order valence-corrected chi connectivity index (χ4v) is 3.19. The van der Waals surface area contributed by atoms with Gasteiger partial charge in [-0.15, -0.1) is 0 Å². The molecule has 1 aliphatic carbocycles. The van der Waals surface area contributed by atoms with Crippen LogP contribution in [0.3, 0.4) is 0 Å². The molecule has 1 aromatic carbocycles. The van der Waals surface area contributed by atoms with Crippen LogP contribution in [0.4, 0.5) is 0 Å². The summed E-state index contributed by atoms with van der Waals surface area (Å²) < 4.78 is 5.55. The van der Waals surface area contributed by atoms with E-state index in [1.165, 1.54) is 11.1 Å². The average Bonchev–Trinajstić information content (AvgIpc) is 2.92. The second-order valence-corrected chi connectivity index (χ2v) is 5.95. The summed E-state index contributed by atoms with van der Waals surface area (Å²) in [6.45, 7) is 3.49. The van der Waals surface area contributed by atoms with Gasteiger partial charge in [-0.25, -0.2) is 4.79 Å². The van der Waals surface area contributed by atoms with E-state index in [9.17, 15) is 9.90 Å². The molecule has 1 aliphatic rings. The molecule has 1 heterocycles. The maximum absolute atomic E-state index is 11.2. The van der Waals surface area contributed by atoms with E-state index in [1.54, 1.807) is 6.07 Å². The number of furan rings is 1. The van der Waals surface area contributed by atoms with Crippen molar-refractivity contribution in [1.82, 2.24) is 5.32 Å². The molecule has 0 radical (unpaired) electrons. The van der Waals surface area contributed by atoms with E-state index in [4.69, 9.17) is 4.42 Å². The van der Waals surface area contributed by atoms with Gasteiger partial charge in [-0.05, 0) is 67.5 Å². The van der Waals surface area contributed by atoms with Gasteiger partial charge in [0.15, 0.2) is 0 Å². The lowest BCUT2D eigenvalue weighted by molar-refractivity contribution is 0.0696. The summed E-state index contributed by atoms with van der Waals surface area (Å²) >= 11 is 0. The summed E-state index contributed by atoms with van der Waals surface area (Å²) in [5.41, 5.74) is 2.86. The van der Waals surface area contributed by atoms with Gasteiger partial charge >= 0.3 is 5.97 Å². The van der Waals surface area contributed by atoms with Crippen LogP contribution in [0, 0.1) is 6.92 Å². The molecule has 0 amide bonds. The number of aromatic carboxylic acids is 1. The second kappa shape index (κ2) is 6.36. The molecule has 3 rings (SSSR count). The molecular weight excluding hydrogens is 278 g/mol. The fourth-order valence-electron chi connectivity index (χ4n) is 3.19. The van der Waals surface area contributed by atoms with Gasteiger partial charge in [0.1, 0.15) is 11.5 Å². The standard InChI is InChI=1S/C18H21NO3/c1-12-5-8-16(22-12)11-19-10-15-4-2-3-13-6-7-14(18(20)21)9-17(13)15/h5-9,15,19H,2-4,10-11H2,1H3,(H,20,21). The van der Waals surface area contributed by atoms with Crippen molar-refractivity contribution in [1.29, 1.82) is 0 Å². The van der Waals surface area contributed by atoms with Gasteiger partial charge in [0, 0.05) is 6.54 Å². The number of carbonyl (C=O) groups is 1. The number of hydrogen-bond acceptors (Lipinski definition) is 3. The third kappa shape index (κ3) is 3.22. The van der Waals surface area contributed by atoms with Crippen LogP contribution in [-0.2, 0) is 13.0 Å². The maximum atomic E-state index is 11.2. The minimum absolute atomic E-state index is 0.374. The highest BCUT2D eigenvalue weighted by Gasteiger charge is 2.21. The molecule has 0 fully saturated rings. The van der Waals surface area contributed by atoms with Crippen molar-refractivity contribution in [3.8, 4) is 0 Å². The molecule has 0 saturated carbocycles. The van der Waals surface area contributed by atoms with Crippen molar-refractivity contribution >= 4 is 5.97 Å². The van der Waals surface area contributed by atoms with Crippen LogP contribution in [0.2, 0.25) is 0 Å². The Morgan fingerprint density at radius 3 is 2.95 bits per heavy atom. The Kier molecular flexibility index (Phi) is 4.29. The molecule has 1 atom stereocenters. The average molecular weight is 299 g/mol. The summed E-state index contributed by atoms with van der Waals surface area (Å²) in [7, 11) is 0. The Balaban J connectivity index is 1.68. The van der Waals surface area contributed by atoms with Crippen molar-refractivity contribution in [2.45, 2.75) is 38.6 Å². The van der Waals surface area contributed by atoms with Crippen molar-refractivity contribution in [2.75, 3.05) is 6.54 Å². The van der Waals surface area contributed by atoms with Crippen LogP contribution < -0.4 is 5.32 Å². The van der Waals surface area contributed by atoms with Gasteiger partial charge in [0.25, 0.3) is 0 Å². The molecule has 0 aliphatic heterocycles. The summed E-state index contributed by atoms with van der Waals surface area (Å²) in [6.07, 6.45) is 3.30. The molecule has 0 bridgehead atoms. The lowest BCUT2D eigenvalue weighted by atomic mass is 9.82. The molecule has 22 heavy (non-hydrogen) atoms. The third-order valence-electron chi connectivity index (χ3n) is 4.32. The van der Waals surface area contributed by atoms with Crippen LogP contribution >= 0.6 is 0 Å². The van der Waals surface area contributed by atoms with Crippen molar-refractivity contribution in [3.05, 3.63) is 58.5 Å². The second-order valence-electron chi connectivity index (χ2n) is 5.95. The normalized spacial score (nSPS) is 17.2. The first-order chi connectivity index (χ1) is 10.6. The number of fused-ring (bicyclic) bond motifs is 1. The zero-order valence-electron chi connectivity index (χ0n) is 12.8. The first kappa shape index (κ1) is 14.9. The smallest absolute Gasteiger partial charge is 0.335 e. The van der Waals surface area contributed by atoms with Crippen LogP contribution in [0.5, 0.6) is 0 Å². The molecule has 4 heteroatoms. The zero-order chi connectivity index (χ0) is 15.5. The minimum atomic E-state index is -0.855. The number of carboxylic acid groups (broad SMARTS) is 1. The number of aryl methyl sites for hydroxylation is 2. The molecular formula is C18H21NO3. The number of rotatable bonds is 5. The Morgan fingerprint density at radius 1 is 1.36 bits per heavy atom. The van der Waals surface area contributed by atoms with Gasteiger partial charge in [0.2, 0.25) is 0 Å². The van der Waals surface area contributed by atoms with Crippen LogP contribution in [0.1, 0.15) is 51.8 Å². The number of nitrogens with one attached hydrogen (secondary N) is 1. The quantitative estimate of drug-likeness (QED) is 0.887. The van der Waals surface area contributed by atoms with E-state index >= 15 is 0 Å². The maximum Gasteiger partial charge on any atom is 0.335 e. The third-order valence-corrected chi connectivity index (χ3v) is 4.32. The largest absolute Gasteiger partial charge is 0.478 e. The van der Waals surface area contributed by atoms with Crippen LogP contribution in [0.25, 0.3) is 0 Å². The molecule has 116 valence electrons. The Hall–Kier alpha value is -2.07. The van der Waals surface area contributed by atoms with Crippen molar-refractivity contribution in [2.24, 2.45) is 0 Å². The highest BCUT2D eigenvalue weighted by Crippen LogP contribution is 2.32. The lowest BCUT2D eigenvalue weighted by Crippen LogP contribution is -2.24.